The predicted molar refractivity (Wildman–Crippen MR) is 75.3 cm³/mol. The van der Waals surface area contributed by atoms with Crippen LogP contribution in [0.15, 0.2) is 24.3 Å². The molecule has 0 heterocycles. The molecule has 1 unspecified atom stereocenters. The van der Waals surface area contributed by atoms with Gasteiger partial charge in [0.05, 0.1) is 11.6 Å². The minimum absolute atomic E-state index is 0.474. The molecule has 0 aromatic heterocycles. The van der Waals surface area contributed by atoms with Crippen LogP contribution in [0.5, 0.6) is 0 Å². The van der Waals surface area contributed by atoms with Crippen LogP contribution in [0, 0.1) is 5.92 Å². The average molecular weight is 333 g/mol. The van der Waals surface area contributed by atoms with Gasteiger partial charge in [0.2, 0.25) is 0 Å². The van der Waals surface area contributed by atoms with Crippen molar-refractivity contribution in [2.45, 2.75) is 38.6 Å². The van der Waals surface area contributed by atoms with E-state index in [1.165, 1.54) is 26.8 Å². The molecule has 1 aromatic rings. The lowest BCUT2D eigenvalue weighted by Gasteiger charge is -2.26. The number of halogens is 3. The number of benzene rings is 1. The summed E-state index contributed by atoms with van der Waals surface area (Å²) in [7, 11) is 0. The third-order valence-corrected chi connectivity index (χ3v) is 2.91. The van der Waals surface area contributed by atoms with E-state index in [-0.39, 0.29) is 0 Å². The number of hydrogen-bond donors (Lipinski definition) is 2. The first-order valence-corrected chi connectivity index (χ1v) is 6.72. The maximum Gasteiger partial charge on any atom is 0.416 e. The van der Waals surface area contributed by atoms with Crippen LogP contribution >= 0.6 is 0 Å². The number of carboxylic acid groups (broad SMARTS) is 1. The number of esters is 1. The van der Waals surface area contributed by atoms with Crippen LogP contribution in [0.4, 0.5) is 13.2 Å². The molecular weight excluding hydrogens is 315 g/mol. The fraction of sp³-hybridized carbons (Fsp3) is 0.467. The Kier molecular flexibility index (Phi) is 5.42. The van der Waals surface area contributed by atoms with E-state index in [0.29, 0.717) is 0 Å². The first kappa shape index (κ1) is 19.0. The number of carboxylic acids is 1. The molecule has 8 heteroatoms. The lowest BCUT2D eigenvalue weighted by atomic mass is 9.90. The summed E-state index contributed by atoms with van der Waals surface area (Å²) in [5, 5.41) is 9.20. The van der Waals surface area contributed by atoms with Crippen LogP contribution in [0.1, 0.15) is 37.9 Å². The maximum absolute atomic E-state index is 13.0. The number of carbonyl (C=O) groups excluding carboxylic acids is 1. The van der Waals surface area contributed by atoms with Gasteiger partial charge in [-0.2, -0.15) is 13.2 Å². The van der Waals surface area contributed by atoms with Gasteiger partial charge < -0.3 is 15.6 Å². The summed E-state index contributed by atoms with van der Waals surface area (Å²) in [4.78, 5) is 23.4. The van der Waals surface area contributed by atoms with E-state index in [4.69, 9.17) is 10.5 Å². The number of rotatable bonds is 4. The molecule has 128 valence electrons. The molecule has 0 radical (unpaired) electrons. The van der Waals surface area contributed by atoms with Gasteiger partial charge in [-0.3, -0.25) is 9.59 Å². The molecule has 0 amide bonds. The fourth-order valence-corrected chi connectivity index (χ4v) is 1.99. The molecular formula is C15H18F3NO4. The highest BCUT2D eigenvalue weighted by Crippen LogP contribution is 2.36. The Bertz CT molecular complexity index is 593. The van der Waals surface area contributed by atoms with E-state index in [0.717, 1.165) is 18.2 Å². The second kappa shape index (κ2) is 6.57. The summed E-state index contributed by atoms with van der Waals surface area (Å²) in [6, 6.07) is 2.58. The number of aliphatic carboxylic acids is 1. The van der Waals surface area contributed by atoms with Gasteiger partial charge in [-0.1, -0.05) is 18.2 Å². The summed E-state index contributed by atoms with van der Waals surface area (Å²) in [6.07, 6.45) is -4.72. The molecule has 5 nitrogen and oxygen atoms in total. The van der Waals surface area contributed by atoms with Crippen molar-refractivity contribution in [3.05, 3.63) is 35.4 Å². The lowest BCUT2D eigenvalue weighted by Crippen LogP contribution is -2.39. The Labute approximate surface area is 131 Å². The Morgan fingerprint density at radius 2 is 1.70 bits per heavy atom. The van der Waals surface area contributed by atoms with Gasteiger partial charge in [-0.05, 0) is 32.4 Å². The van der Waals surface area contributed by atoms with Crippen LogP contribution in [0.3, 0.4) is 0 Å². The summed E-state index contributed by atoms with van der Waals surface area (Å²) >= 11 is 0. The Morgan fingerprint density at radius 1 is 1.17 bits per heavy atom. The number of ether oxygens (including phenoxy) is 1. The second-order valence-corrected chi connectivity index (χ2v) is 5.96. The highest BCUT2D eigenvalue weighted by atomic mass is 19.4. The van der Waals surface area contributed by atoms with E-state index < -0.39 is 46.8 Å². The van der Waals surface area contributed by atoms with E-state index in [9.17, 15) is 27.9 Å². The molecule has 0 aliphatic carbocycles. The molecule has 0 saturated carbocycles. The maximum atomic E-state index is 13.0. The topological polar surface area (TPSA) is 89.6 Å². The van der Waals surface area contributed by atoms with Crippen LogP contribution < -0.4 is 5.73 Å². The van der Waals surface area contributed by atoms with Gasteiger partial charge in [-0.25, -0.2) is 0 Å². The molecule has 23 heavy (non-hydrogen) atoms. The summed E-state index contributed by atoms with van der Waals surface area (Å²) in [5.41, 5.74) is 3.13. The molecule has 1 aromatic carbocycles. The van der Waals surface area contributed by atoms with Gasteiger partial charge in [0.1, 0.15) is 5.60 Å². The van der Waals surface area contributed by atoms with E-state index in [1.807, 2.05) is 0 Å². The molecule has 3 N–H and O–H groups in total. The van der Waals surface area contributed by atoms with Crippen molar-refractivity contribution >= 4 is 11.9 Å². The number of alkyl halides is 3. The summed E-state index contributed by atoms with van der Waals surface area (Å²) in [5.74, 6) is -4.78. The Balaban J connectivity index is 3.26. The average Bonchev–Trinajstić information content (AvgIpc) is 2.35. The third-order valence-electron chi connectivity index (χ3n) is 2.91. The van der Waals surface area contributed by atoms with Crippen molar-refractivity contribution in [3.8, 4) is 0 Å². The molecule has 0 aliphatic rings. The highest BCUT2D eigenvalue weighted by molar-refractivity contribution is 5.95. The normalized spacial score (nSPS) is 14.9. The standard InChI is InChI=1S/C15H18F3NO4/c1-14(2,3)23-13(22)10(12(20)21)11(19)8-6-4-5-7-9(8)15(16,17)18/h4-7,10-11H,19H2,1-3H3,(H,20,21)/t10-,11?/m0/s1. The first-order valence-electron chi connectivity index (χ1n) is 6.72. The van der Waals surface area contributed by atoms with Crippen molar-refractivity contribution in [2.75, 3.05) is 0 Å². The molecule has 1 rings (SSSR count). The molecule has 2 atom stereocenters. The first-order chi connectivity index (χ1) is 10.3. The Hall–Kier alpha value is -2.09. The number of hydrogen-bond acceptors (Lipinski definition) is 4. The molecule has 0 fully saturated rings. The smallest absolute Gasteiger partial charge is 0.416 e. The number of carbonyl (C=O) groups is 2. The van der Waals surface area contributed by atoms with Crippen molar-refractivity contribution in [1.82, 2.24) is 0 Å². The summed E-state index contributed by atoms with van der Waals surface area (Å²) < 4.78 is 44.0. The zero-order chi connectivity index (χ0) is 18.0. The van der Waals surface area contributed by atoms with Crippen molar-refractivity contribution in [2.24, 2.45) is 11.7 Å². The van der Waals surface area contributed by atoms with Gasteiger partial charge >= 0.3 is 18.1 Å². The van der Waals surface area contributed by atoms with Gasteiger partial charge in [-0.15, -0.1) is 0 Å². The number of nitrogens with two attached hydrogens (primary N) is 1. The zero-order valence-electron chi connectivity index (χ0n) is 12.8. The SMILES string of the molecule is CC(C)(C)OC(=O)[C@H](C(=O)O)C(N)c1ccccc1C(F)(F)F. The lowest BCUT2D eigenvalue weighted by molar-refractivity contribution is -0.168. The van der Waals surface area contributed by atoms with Crippen LogP contribution in [0.25, 0.3) is 0 Å². The highest BCUT2D eigenvalue weighted by Gasteiger charge is 2.41. The van der Waals surface area contributed by atoms with Crippen LogP contribution in [-0.4, -0.2) is 22.6 Å². The minimum atomic E-state index is -4.72. The van der Waals surface area contributed by atoms with Gasteiger partial charge in [0, 0.05) is 0 Å². The van der Waals surface area contributed by atoms with Crippen molar-refractivity contribution in [3.63, 3.8) is 0 Å². The second-order valence-electron chi connectivity index (χ2n) is 5.96. The van der Waals surface area contributed by atoms with Crippen molar-refractivity contribution < 1.29 is 32.6 Å². The zero-order valence-corrected chi connectivity index (χ0v) is 12.8. The third kappa shape index (κ3) is 4.95. The Morgan fingerprint density at radius 3 is 2.13 bits per heavy atom. The largest absolute Gasteiger partial charge is 0.481 e. The monoisotopic (exact) mass is 333 g/mol. The quantitative estimate of drug-likeness (QED) is 0.653. The van der Waals surface area contributed by atoms with E-state index in [1.54, 1.807) is 0 Å². The van der Waals surface area contributed by atoms with Crippen LogP contribution in [-0.2, 0) is 20.5 Å². The van der Waals surface area contributed by atoms with E-state index >= 15 is 0 Å². The summed E-state index contributed by atoms with van der Waals surface area (Å²) in [6.45, 7) is 4.54. The molecule has 0 aliphatic heterocycles. The molecule has 0 saturated heterocycles. The molecule has 0 spiro atoms. The minimum Gasteiger partial charge on any atom is -0.481 e. The van der Waals surface area contributed by atoms with Crippen LogP contribution in [0.2, 0.25) is 0 Å². The fourth-order valence-electron chi connectivity index (χ4n) is 1.99. The van der Waals surface area contributed by atoms with Gasteiger partial charge in [0.15, 0.2) is 5.92 Å². The van der Waals surface area contributed by atoms with E-state index in [2.05, 4.69) is 0 Å². The molecule has 0 bridgehead atoms. The van der Waals surface area contributed by atoms with Crippen molar-refractivity contribution in [1.29, 1.82) is 0 Å². The van der Waals surface area contributed by atoms with Gasteiger partial charge in [0.25, 0.3) is 0 Å². The predicted octanol–water partition coefficient (Wildman–Crippen LogP) is 2.75.